The summed E-state index contributed by atoms with van der Waals surface area (Å²) in [6.07, 6.45) is 4.20. The van der Waals surface area contributed by atoms with Gasteiger partial charge in [0, 0.05) is 11.6 Å². The zero-order chi connectivity index (χ0) is 12.5. The summed E-state index contributed by atoms with van der Waals surface area (Å²) in [5.41, 5.74) is 4.21. The van der Waals surface area contributed by atoms with E-state index in [1.54, 1.807) is 0 Å². The van der Waals surface area contributed by atoms with Gasteiger partial charge < -0.3 is 0 Å². The summed E-state index contributed by atoms with van der Waals surface area (Å²) in [5.74, 6) is 0. The first kappa shape index (κ1) is 12.1. The smallest absolute Gasteiger partial charge is 0.0736 e. The Hall–Kier alpha value is -1.37. The van der Waals surface area contributed by atoms with Crippen molar-refractivity contribution in [2.45, 2.75) is 40.5 Å². The summed E-state index contributed by atoms with van der Waals surface area (Å²) in [6.45, 7) is 9.05. The topological polar surface area (TPSA) is 12.9 Å². The van der Waals surface area contributed by atoms with Gasteiger partial charge in [-0.15, -0.1) is 0 Å². The van der Waals surface area contributed by atoms with E-state index in [1.165, 1.54) is 28.5 Å². The van der Waals surface area contributed by atoms with Crippen LogP contribution in [0.15, 0.2) is 30.5 Å². The van der Waals surface area contributed by atoms with E-state index in [-0.39, 0.29) is 0 Å². The number of rotatable bonds is 3. The third-order valence-electron chi connectivity index (χ3n) is 3.70. The van der Waals surface area contributed by atoms with Gasteiger partial charge in [-0.1, -0.05) is 45.4 Å². The quantitative estimate of drug-likeness (QED) is 0.751. The van der Waals surface area contributed by atoms with Crippen LogP contribution in [0.5, 0.6) is 0 Å². The first-order valence-electron chi connectivity index (χ1n) is 6.37. The van der Waals surface area contributed by atoms with E-state index >= 15 is 0 Å². The first-order chi connectivity index (χ1) is 8.03. The molecular formula is C16H21N. The Morgan fingerprint density at radius 1 is 1.18 bits per heavy atom. The lowest BCUT2D eigenvalue weighted by atomic mass is 9.82. The van der Waals surface area contributed by atoms with Crippen LogP contribution >= 0.6 is 0 Å². The van der Waals surface area contributed by atoms with Crippen LogP contribution in [0.2, 0.25) is 0 Å². The number of benzene rings is 1. The molecule has 0 amide bonds. The lowest BCUT2D eigenvalue weighted by molar-refractivity contribution is 0.350. The van der Waals surface area contributed by atoms with E-state index in [2.05, 4.69) is 56.9 Å². The Kier molecular flexibility index (Phi) is 3.19. The van der Waals surface area contributed by atoms with E-state index < -0.39 is 0 Å². The van der Waals surface area contributed by atoms with Crippen LogP contribution in [0.25, 0.3) is 10.9 Å². The van der Waals surface area contributed by atoms with Crippen molar-refractivity contribution < 1.29 is 0 Å². The minimum Gasteiger partial charge on any atom is -0.256 e. The summed E-state index contributed by atoms with van der Waals surface area (Å²) < 4.78 is 0. The van der Waals surface area contributed by atoms with E-state index in [0.717, 1.165) is 6.42 Å². The number of hydrogen-bond donors (Lipinski definition) is 0. The Morgan fingerprint density at radius 3 is 2.65 bits per heavy atom. The molecule has 1 heterocycles. The average molecular weight is 227 g/mol. The van der Waals surface area contributed by atoms with Crippen LogP contribution in [-0.4, -0.2) is 4.98 Å². The standard InChI is InChI=1S/C16H21N/c1-5-16(3,4)11-13-7-6-8-14-12(2)9-10-17-15(13)14/h6-10H,5,11H2,1-4H3. The highest BCUT2D eigenvalue weighted by molar-refractivity contribution is 5.84. The van der Waals surface area contributed by atoms with Crippen LogP contribution in [0.3, 0.4) is 0 Å². The highest BCUT2D eigenvalue weighted by Crippen LogP contribution is 2.29. The van der Waals surface area contributed by atoms with Gasteiger partial charge in [-0.05, 0) is 36.0 Å². The highest BCUT2D eigenvalue weighted by Gasteiger charge is 2.17. The van der Waals surface area contributed by atoms with Gasteiger partial charge in [0.2, 0.25) is 0 Å². The third kappa shape index (κ3) is 2.49. The summed E-state index contributed by atoms with van der Waals surface area (Å²) in [6, 6.07) is 8.61. The second-order valence-electron chi connectivity index (χ2n) is 5.64. The Bertz CT molecular complexity index is 526. The number of hydrogen-bond acceptors (Lipinski definition) is 1. The maximum Gasteiger partial charge on any atom is 0.0736 e. The van der Waals surface area contributed by atoms with Crippen molar-refractivity contribution in [2.24, 2.45) is 5.41 Å². The van der Waals surface area contributed by atoms with E-state index in [9.17, 15) is 0 Å². The van der Waals surface area contributed by atoms with Gasteiger partial charge in [-0.25, -0.2) is 0 Å². The molecule has 1 aromatic carbocycles. The fourth-order valence-electron chi connectivity index (χ4n) is 2.16. The number of aromatic nitrogens is 1. The molecule has 1 heteroatoms. The second kappa shape index (κ2) is 4.48. The number of para-hydroxylation sites is 1. The van der Waals surface area contributed by atoms with Crippen molar-refractivity contribution in [3.63, 3.8) is 0 Å². The molecule has 0 radical (unpaired) electrons. The summed E-state index contributed by atoms with van der Waals surface area (Å²) in [4.78, 5) is 4.56. The van der Waals surface area contributed by atoms with Crippen molar-refractivity contribution in [3.05, 3.63) is 41.6 Å². The normalized spacial score (nSPS) is 12.0. The van der Waals surface area contributed by atoms with Gasteiger partial charge in [-0.2, -0.15) is 0 Å². The van der Waals surface area contributed by atoms with Gasteiger partial charge in [0.15, 0.2) is 0 Å². The maximum atomic E-state index is 4.56. The zero-order valence-electron chi connectivity index (χ0n) is 11.2. The van der Waals surface area contributed by atoms with E-state index in [0.29, 0.717) is 5.41 Å². The summed E-state index contributed by atoms with van der Waals surface area (Å²) in [5, 5.41) is 1.29. The van der Waals surface area contributed by atoms with E-state index in [1.807, 2.05) is 6.20 Å². The average Bonchev–Trinajstić information content (AvgIpc) is 2.30. The van der Waals surface area contributed by atoms with Gasteiger partial charge in [0.05, 0.1) is 5.52 Å². The Morgan fingerprint density at radius 2 is 1.94 bits per heavy atom. The molecule has 1 aromatic heterocycles. The van der Waals surface area contributed by atoms with Crippen molar-refractivity contribution in [3.8, 4) is 0 Å². The largest absolute Gasteiger partial charge is 0.256 e. The molecule has 0 aliphatic heterocycles. The van der Waals surface area contributed by atoms with Crippen LogP contribution in [0, 0.1) is 12.3 Å². The number of fused-ring (bicyclic) bond motifs is 1. The second-order valence-corrected chi connectivity index (χ2v) is 5.64. The molecule has 0 saturated heterocycles. The molecule has 0 saturated carbocycles. The van der Waals surface area contributed by atoms with Gasteiger partial charge in [0.1, 0.15) is 0 Å². The fraction of sp³-hybridized carbons (Fsp3) is 0.438. The molecule has 0 fully saturated rings. The highest BCUT2D eigenvalue weighted by atomic mass is 14.7. The van der Waals surface area contributed by atoms with Crippen LogP contribution < -0.4 is 0 Å². The minimum absolute atomic E-state index is 0.347. The van der Waals surface area contributed by atoms with E-state index in [4.69, 9.17) is 0 Å². The van der Waals surface area contributed by atoms with Crippen LogP contribution in [-0.2, 0) is 6.42 Å². The third-order valence-corrected chi connectivity index (χ3v) is 3.70. The number of pyridine rings is 1. The minimum atomic E-state index is 0.347. The van der Waals surface area contributed by atoms with Gasteiger partial charge in [0.25, 0.3) is 0 Å². The predicted octanol–water partition coefficient (Wildman–Crippen LogP) is 4.52. The molecule has 2 aromatic rings. The molecule has 90 valence electrons. The lowest BCUT2D eigenvalue weighted by Gasteiger charge is -2.23. The van der Waals surface area contributed by atoms with Crippen molar-refractivity contribution in [2.75, 3.05) is 0 Å². The molecular weight excluding hydrogens is 206 g/mol. The molecule has 0 N–H and O–H groups in total. The monoisotopic (exact) mass is 227 g/mol. The molecule has 0 atom stereocenters. The fourth-order valence-corrected chi connectivity index (χ4v) is 2.16. The number of aryl methyl sites for hydroxylation is 1. The maximum absolute atomic E-state index is 4.56. The lowest BCUT2D eigenvalue weighted by Crippen LogP contribution is -2.13. The summed E-state index contributed by atoms with van der Waals surface area (Å²) >= 11 is 0. The van der Waals surface area contributed by atoms with Crippen molar-refractivity contribution in [1.29, 1.82) is 0 Å². The van der Waals surface area contributed by atoms with Crippen LogP contribution in [0.4, 0.5) is 0 Å². The molecule has 2 rings (SSSR count). The summed E-state index contributed by atoms with van der Waals surface area (Å²) in [7, 11) is 0. The van der Waals surface area contributed by atoms with Crippen molar-refractivity contribution >= 4 is 10.9 Å². The van der Waals surface area contributed by atoms with Crippen molar-refractivity contribution in [1.82, 2.24) is 4.98 Å². The molecule has 0 bridgehead atoms. The molecule has 17 heavy (non-hydrogen) atoms. The van der Waals surface area contributed by atoms with Gasteiger partial charge >= 0.3 is 0 Å². The molecule has 0 spiro atoms. The van der Waals surface area contributed by atoms with Gasteiger partial charge in [-0.3, -0.25) is 4.98 Å². The Labute approximate surface area is 104 Å². The van der Waals surface area contributed by atoms with Crippen LogP contribution in [0.1, 0.15) is 38.3 Å². The SMILES string of the molecule is CCC(C)(C)Cc1cccc2c(C)ccnc12. The molecule has 0 aliphatic carbocycles. The number of nitrogens with zero attached hydrogens (tertiary/aromatic N) is 1. The zero-order valence-corrected chi connectivity index (χ0v) is 11.2. The predicted molar refractivity (Wildman–Crippen MR) is 74.3 cm³/mol. The molecule has 0 aliphatic rings. The molecule has 0 unspecified atom stereocenters. The molecule has 1 nitrogen and oxygen atoms in total. The first-order valence-corrected chi connectivity index (χ1v) is 6.37. The Balaban J connectivity index is 2.52.